The number of amides is 2. The molecule has 1 aliphatic rings. The number of aromatic nitrogens is 3. The summed E-state index contributed by atoms with van der Waals surface area (Å²) < 4.78 is 1.99. The number of carbonyl (C=O) groups excluding carboxylic acids is 2. The molecular formula is C17H21N5O2. The van der Waals surface area contributed by atoms with Crippen molar-refractivity contribution in [2.75, 3.05) is 6.54 Å². The minimum Gasteiger partial charge on any atom is -0.356 e. The summed E-state index contributed by atoms with van der Waals surface area (Å²) in [6.07, 6.45) is 2.56. The van der Waals surface area contributed by atoms with Crippen LogP contribution in [0.1, 0.15) is 54.1 Å². The first-order chi connectivity index (χ1) is 11.6. The molecule has 0 spiro atoms. The van der Waals surface area contributed by atoms with Gasteiger partial charge in [0.2, 0.25) is 5.91 Å². The highest BCUT2D eigenvalue weighted by Crippen LogP contribution is 2.27. The number of carbonyl (C=O) groups is 2. The molecule has 24 heavy (non-hydrogen) atoms. The van der Waals surface area contributed by atoms with E-state index in [4.69, 9.17) is 0 Å². The molecule has 0 bridgehead atoms. The van der Waals surface area contributed by atoms with Gasteiger partial charge in [-0.2, -0.15) is 0 Å². The molecule has 0 fully saturated rings. The summed E-state index contributed by atoms with van der Waals surface area (Å²) in [6, 6.07) is 7.40. The Morgan fingerprint density at radius 1 is 1.38 bits per heavy atom. The maximum Gasteiger partial charge on any atom is 0.252 e. The molecule has 0 saturated heterocycles. The molecule has 2 amide bonds. The number of nitrogens with zero attached hydrogens (tertiary/aromatic N) is 3. The van der Waals surface area contributed by atoms with Crippen molar-refractivity contribution in [3.63, 3.8) is 0 Å². The van der Waals surface area contributed by atoms with Gasteiger partial charge in [-0.1, -0.05) is 18.2 Å². The zero-order valence-corrected chi connectivity index (χ0v) is 13.8. The molecule has 0 radical (unpaired) electrons. The predicted molar refractivity (Wildman–Crippen MR) is 88.4 cm³/mol. The van der Waals surface area contributed by atoms with E-state index >= 15 is 0 Å². The molecular weight excluding hydrogens is 306 g/mol. The maximum absolute atomic E-state index is 12.2. The topological polar surface area (TPSA) is 88.9 Å². The minimum atomic E-state index is -0.256. The van der Waals surface area contributed by atoms with Crippen molar-refractivity contribution < 1.29 is 9.59 Å². The molecule has 1 aromatic carbocycles. The molecule has 1 unspecified atom stereocenters. The van der Waals surface area contributed by atoms with Crippen molar-refractivity contribution in [3.8, 4) is 0 Å². The monoisotopic (exact) mass is 327 g/mol. The van der Waals surface area contributed by atoms with Crippen LogP contribution in [0.2, 0.25) is 0 Å². The van der Waals surface area contributed by atoms with Crippen LogP contribution in [0, 0.1) is 0 Å². The number of nitrogens with one attached hydrogen (secondary N) is 2. The van der Waals surface area contributed by atoms with Gasteiger partial charge < -0.3 is 15.2 Å². The van der Waals surface area contributed by atoms with Crippen molar-refractivity contribution in [2.45, 2.75) is 38.8 Å². The zero-order valence-electron chi connectivity index (χ0n) is 13.8. The van der Waals surface area contributed by atoms with Gasteiger partial charge in [-0.3, -0.25) is 9.59 Å². The summed E-state index contributed by atoms with van der Waals surface area (Å²) >= 11 is 0. The van der Waals surface area contributed by atoms with E-state index in [1.165, 1.54) is 0 Å². The Hall–Kier alpha value is -2.70. The lowest BCUT2D eigenvalue weighted by Gasteiger charge is -2.13. The van der Waals surface area contributed by atoms with E-state index in [1.54, 1.807) is 12.4 Å². The first kappa shape index (κ1) is 16.2. The fourth-order valence-corrected chi connectivity index (χ4v) is 2.93. The Bertz CT molecular complexity index is 753. The Morgan fingerprint density at radius 2 is 2.17 bits per heavy atom. The van der Waals surface area contributed by atoms with Crippen LogP contribution < -0.4 is 10.6 Å². The molecule has 1 atom stereocenters. The fourth-order valence-electron chi connectivity index (χ4n) is 2.93. The lowest BCUT2D eigenvalue weighted by Crippen LogP contribution is -2.30. The van der Waals surface area contributed by atoms with E-state index in [2.05, 4.69) is 34.7 Å². The van der Waals surface area contributed by atoms with Crippen LogP contribution in [0.4, 0.5) is 0 Å². The van der Waals surface area contributed by atoms with E-state index in [9.17, 15) is 9.59 Å². The van der Waals surface area contributed by atoms with Crippen molar-refractivity contribution in [2.24, 2.45) is 0 Å². The Balaban J connectivity index is 1.52. The van der Waals surface area contributed by atoms with Crippen LogP contribution in [0.3, 0.4) is 0 Å². The molecule has 7 nitrogen and oxygen atoms in total. The number of hydrogen-bond donors (Lipinski definition) is 2. The lowest BCUT2D eigenvalue weighted by atomic mass is 10.0. The highest BCUT2D eigenvalue weighted by atomic mass is 16.2. The van der Waals surface area contributed by atoms with Gasteiger partial charge in [-0.25, -0.2) is 0 Å². The largest absolute Gasteiger partial charge is 0.356 e. The molecule has 1 aromatic heterocycles. The van der Waals surface area contributed by atoms with Crippen molar-refractivity contribution in [1.29, 1.82) is 0 Å². The van der Waals surface area contributed by atoms with Crippen LogP contribution in [0.25, 0.3) is 0 Å². The van der Waals surface area contributed by atoms with Crippen LogP contribution in [0.5, 0.6) is 0 Å². The lowest BCUT2D eigenvalue weighted by molar-refractivity contribution is -0.121. The number of benzene rings is 1. The zero-order chi connectivity index (χ0) is 17.1. The number of hydrogen-bond acceptors (Lipinski definition) is 4. The second-order valence-corrected chi connectivity index (χ2v) is 6.17. The van der Waals surface area contributed by atoms with Gasteiger partial charge >= 0.3 is 0 Å². The smallest absolute Gasteiger partial charge is 0.252 e. The SMILES string of the molecule is CC(C)n1cnnc1CCNC(=O)CC1NC(=O)c2ccccc21. The highest BCUT2D eigenvalue weighted by molar-refractivity contribution is 5.99. The fraction of sp³-hybridized carbons (Fsp3) is 0.412. The third-order valence-corrected chi connectivity index (χ3v) is 4.15. The maximum atomic E-state index is 12.2. The van der Waals surface area contributed by atoms with Crippen LogP contribution in [-0.2, 0) is 11.2 Å². The predicted octanol–water partition coefficient (Wildman–Crippen LogP) is 1.39. The second kappa shape index (κ2) is 6.82. The van der Waals surface area contributed by atoms with Crippen LogP contribution in [0.15, 0.2) is 30.6 Å². The van der Waals surface area contributed by atoms with Gasteiger partial charge in [-0.15, -0.1) is 10.2 Å². The normalized spacial score (nSPS) is 16.1. The summed E-state index contributed by atoms with van der Waals surface area (Å²) in [5.74, 6) is 0.644. The quantitative estimate of drug-likeness (QED) is 0.839. The number of fused-ring (bicyclic) bond motifs is 1. The second-order valence-electron chi connectivity index (χ2n) is 6.17. The van der Waals surface area contributed by atoms with E-state index in [1.807, 2.05) is 22.8 Å². The Morgan fingerprint density at radius 3 is 2.96 bits per heavy atom. The molecule has 1 aliphatic heterocycles. The molecule has 3 rings (SSSR count). The number of rotatable bonds is 6. The van der Waals surface area contributed by atoms with Crippen molar-refractivity contribution in [1.82, 2.24) is 25.4 Å². The minimum absolute atomic E-state index is 0.0902. The van der Waals surface area contributed by atoms with Gasteiger partial charge in [0.25, 0.3) is 5.91 Å². The van der Waals surface area contributed by atoms with Crippen molar-refractivity contribution in [3.05, 3.63) is 47.5 Å². The molecule has 2 N–H and O–H groups in total. The van der Waals surface area contributed by atoms with E-state index in [0.29, 0.717) is 18.5 Å². The molecule has 0 saturated carbocycles. The molecule has 7 heteroatoms. The van der Waals surface area contributed by atoms with E-state index in [0.717, 1.165) is 11.4 Å². The summed E-state index contributed by atoms with van der Waals surface area (Å²) in [5, 5.41) is 13.7. The van der Waals surface area contributed by atoms with Crippen LogP contribution in [-0.4, -0.2) is 33.1 Å². The summed E-state index contributed by atoms with van der Waals surface area (Å²) in [7, 11) is 0. The van der Waals surface area contributed by atoms with Crippen LogP contribution >= 0.6 is 0 Å². The third-order valence-electron chi connectivity index (χ3n) is 4.15. The van der Waals surface area contributed by atoms with Gasteiger partial charge in [0, 0.05) is 24.6 Å². The Labute approximate surface area is 140 Å². The Kier molecular flexibility index (Phi) is 4.59. The van der Waals surface area contributed by atoms with E-state index < -0.39 is 0 Å². The first-order valence-corrected chi connectivity index (χ1v) is 8.11. The molecule has 126 valence electrons. The van der Waals surface area contributed by atoms with Gasteiger partial charge in [0.15, 0.2) is 0 Å². The molecule has 0 aliphatic carbocycles. The average molecular weight is 327 g/mol. The van der Waals surface area contributed by atoms with Crippen molar-refractivity contribution >= 4 is 11.8 Å². The van der Waals surface area contributed by atoms with Gasteiger partial charge in [0.05, 0.1) is 12.5 Å². The standard InChI is InChI=1S/C17H21N5O2/c1-11(2)22-10-19-21-15(22)7-8-18-16(23)9-14-12-5-3-4-6-13(12)17(24)20-14/h3-6,10-11,14H,7-9H2,1-2H3,(H,18,23)(H,20,24). The van der Waals surface area contributed by atoms with E-state index in [-0.39, 0.29) is 30.3 Å². The summed E-state index contributed by atoms with van der Waals surface area (Å²) in [6.45, 7) is 4.61. The summed E-state index contributed by atoms with van der Waals surface area (Å²) in [4.78, 5) is 24.0. The molecule has 2 aromatic rings. The summed E-state index contributed by atoms with van der Waals surface area (Å²) in [5.41, 5.74) is 1.54. The first-order valence-electron chi connectivity index (χ1n) is 8.11. The average Bonchev–Trinajstić information content (AvgIpc) is 3.14. The highest BCUT2D eigenvalue weighted by Gasteiger charge is 2.29. The third kappa shape index (κ3) is 3.29. The molecule has 2 heterocycles. The van der Waals surface area contributed by atoms with Gasteiger partial charge in [0.1, 0.15) is 12.2 Å². The van der Waals surface area contributed by atoms with Gasteiger partial charge in [-0.05, 0) is 25.5 Å².